The molecule has 0 aliphatic carbocycles. The standard InChI is InChI=1S/C26H44N8O17P3S.C5H10NO2.CH4.I2.HI.2Y/c1-13(14(2)27)25(39)55-8-7-29-16(35)5-6-30-23(38)20(37)26(3,4)10-48-54(45,46)51-53(43,44)47-9-15-19(50-52(40,41)42)18(36)24(49-15)34-12-33-17-21(28)31-11-32-22(17)34;1-3(4(2)6)5(7)8;;1-2;;;/h11-12,14-15,18-20,24,36-37H,5-10,27H2,1-4H3,(H,29,35)(H,30,38)(H,43,44)(H,45,46)(H2,28,31,32)(H2,40,41,42);4H,6H2,1-2H3,(H,7,8);1H4;;1H;;/q2*-1;;;;;/p-4/t14-,15?,18?,19?,20?,24?;4-;;;;;/m00...../s1. The SMILES string of the molecule is C.C[C-](C(=O)O)[C@H](C)N.C[C-](C(=O)SCCNC(=O)CCNC(=O)C(O)C(C)(C)COP(=O)([O-])OP(=O)([O-])OCC1OC(n2cnc3c(N)ncnc32)C(O)C1OP(=O)([O-])[O-])[C@H](C)N.I.II.[Y].[Y]. The molecule has 0 bridgehead atoms. The van der Waals surface area contributed by atoms with Gasteiger partial charge in [-0.15, -0.1) is 41.8 Å². The maximum Gasteiger partial charge on any atom is 0.274 e. The van der Waals surface area contributed by atoms with Crippen molar-refractivity contribution in [3.05, 3.63) is 24.5 Å². The molecule has 3 rings (SSSR count). The summed E-state index contributed by atoms with van der Waals surface area (Å²) in [4.78, 5) is 106. The summed E-state index contributed by atoms with van der Waals surface area (Å²) >= 11 is 5.22. The Morgan fingerprint density at radius 3 is 2.04 bits per heavy atom. The largest absolute Gasteiger partial charge is 0.790 e. The number of aromatic nitrogens is 4. The Balaban J connectivity index is -0.00000137. The number of nitrogens with zero attached hydrogens (tertiary/aromatic N) is 4. The van der Waals surface area contributed by atoms with Gasteiger partial charge < -0.3 is 90.4 Å². The topological polar surface area (TPSA) is 464 Å². The second kappa shape index (κ2) is 35.4. The number of hydrogen-bond acceptors (Lipinski definition) is 25. The predicted octanol–water partition coefficient (Wildman–Crippen LogP) is -0.889. The van der Waals surface area contributed by atoms with E-state index in [9.17, 15) is 62.7 Å². The molecule has 2 radical (unpaired) electrons. The van der Waals surface area contributed by atoms with Gasteiger partial charge in [-0.2, -0.15) is 13.8 Å². The van der Waals surface area contributed by atoms with Crippen molar-refractivity contribution in [1.82, 2.24) is 30.2 Å². The van der Waals surface area contributed by atoms with Crippen LogP contribution in [0, 0.1) is 17.3 Å². The number of rotatable bonds is 23. The van der Waals surface area contributed by atoms with Gasteiger partial charge in [0.1, 0.15) is 36.3 Å². The second-order valence-electron chi connectivity index (χ2n) is 14.4. The number of carbonyl (C=O) groups is 4. The fourth-order valence-electron chi connectivity index (χ4n) is 4.75. The quantitative estimate of drug-likeness (QED) is 0.0290. The summed E-state index contributed by atoms with van der Waals surface area (Å²) < 4.78 is 60.4. The molecule has 0 saturated carbocycles. The van der Waals surface area contributed by atoms with Gasteiger partial charge in [0.05, 0.1) is 32.5 Å². The normalized spacial score (nSPS) is 19.4. The van der Waals surface area contributed by atoms with Gasteiger partial charge >= 0.3 is 0 Å². The van der Waals surface area contributed by atoms with Gasteiger partial charge in [-0.3, -0.25) is 39.9 Å². The maximum atomic E-state index is 12.5. The molecule has 1 saturated heterocycles. The molecule has 1 aliphatic rings. The molecule has 7 unspecified atom stereocenters. The number of aliphatic carboxylic acids is 1. The van der Waals surface area contributed by atoms with Crippen LogP contribution in [0.1, 0.15) is 61.6 Å². The van der Waals surface area contributed by atoms with Gasteiger partial charge in [0.25, 0.3) is 15.6 Å². The van der Waals surface area contributed by atoms with Crippen molar-refractivity contribution in [2.24, 2.45) is 16.9 Å². The Morgan fingerprint density at radius 1 is 0.986 bits per heavy atom. The van der Waals surface area contributed by atoms with E-state index < -0.39 is 96.6 Å². The molecule has 69 heavy (non-hydrogen) atoms. The van der Waals surface area contributed by atoms with Crippen molar-refractivity contribution in [1.29, 1.82) is 0 Å². The zero-order valence-electron chi connectivity index (χ0n) is 36.9. The molecule has 28 nitrogen and oxygen atoms in total. The molecule has 0 spiro atoms. The Hall–Kier alpha value is 1.09. The molecular formula is C32H55I3N9O19P3SY2-6. The van der Waals surface area contributed by atoms with Crippen LogP contribution in [-0.4, -0.2) is 126 Å². The van der Waals surface area contributed by atoms with E-state index in [1.54, 1.807) is 20.8 Å². The number of ether oxygens (including phenoxy) is 1. The van der Waals surface area contributed by atoms with Crippen LogP contribution in [0.15, 0.2) is 12.7 Å². The number of amides is 2. The van der Waals surface area contributed by atoms with Crippen LogP contribution in [0.25, 0.3) is 11.2 Å². The van der Waals surface area contributed by atoms with Gasteiger partial charge in [-0.25, -0.2) is 19.3 Å². The number of anilines is 1. The number of nitrogen functional groups attached to an aromatic ring is 1. The molecule has 1 aliphatic heterocycles. The minimum Gasteiger partial charge on any atom is -0.790 e. The van der Waals surface area contributed by atoms with Crippen LogP contribution >= 0.6 is 96.4 Å². The summed E-state index contributed by atoms with van der Waals surface area (Å²) in [7, 11) is -17.6. The zero-order valence-corrected chi connectivity index (χ0v) is 52.7. The molecule has 2 amide bonds. The Labute approximate surface area is 493 Å². The average molecular weight is 1550 g/mol. The Bertz CT molecular complexity index is 2060. The molecule has 37 heteroatoms. The fraction of sp³-hybridized carbons (Fsp3) is 0.656. The smallest absolute Gasteiger partial charge is 0.274 e. The molecule has 9 atom stereocenters. The number of nitrogens with two attached hydrogens (primary N) is 3. The third kappa shape index (κ3) is 27.1. The van der Waals surface area contributed by atoms with Crippen LogP contribution in [0.3, 0.4) is 0 Å². The Morgan fingerprint density at radius 2 is 1.54 bits per heavy atom. The number of phosphoric ester groups is 3. The van der Waals surface area contributed by atoms with E-state index in [0.29, 0.717) is 11.8 Å². The number of carboxylic acids is 1. The van der Waals surface area contributed by atoms with E-state index in [4.69, 9.17) is 27.0 Å². The number of carbonyl (C=O) groups excluding carboxylic acids is 3. The van der Waals surface area contributed by atoms with E-state index >= 15 is 0 Å². The number of fused-ring (bicyclic) bond motifs is 1. The first kappa shape index (κ1) is 76.6. The third-order valence-electron chi connectivity index (χ3n) is 8.74. The number of carboxylic acid groups (broad SMARTS) is 1. The number of imidazole rings is 1. The van der Waals surface area contributed by atoms with E-state index in [-0.39, 0.29) is 150 Å². The number of phosphoric acid groups is 3. The first-order valence-corrected chi connectivity index (χ1v) is 30.1. The number of nitrogens with one attached hydrogen (secondary N) is 2. The van der Waals surface area contributed by atoms with Crippen LogP contribution < -0.4 is 47.4 Å². The first-order valence-electron chi connectivity index (χ1n) is 18.4. The van der Waals surface area contributed by atoms with Crippen molar-refractivity contribution in [2.75, 3.05) is 37.8 Å². The molecule has 2 aromatic heterocycles. The molecule has 3 heterocycles. The number of hydrogen-bond donors (Lipinski definition) is 8. The molecule has 11 N–H and O–H groups in total. The van der Waals surface area contributed by atoms with Crippen molar-refractivity contribution in [2.45, 2.75) is 98.1 Å². The monoisotopic (exact) mass is 1550 g/mol. The van der Waals surface area contributed by atoms with E-state index in [1.807, 2.05) is 0 Å². The van der Waals surface area contributed by atoms with Gasteiger partial charge in [0.15, 0.2) is 23.7 Å². The molecule has 396 valence electrons. The zero-order chi connectivity index (χ0) is 50.2. The van der Waals surface area contributed by atoms with Gasteiger partial charge in [0.2, 0.25) is 11.8 Å². The van der Waals surface area contributed by atoms with Crippen molar-refractivity contribution in [3.63, 3.8) is 0 Å². The molecule has 2 aromatic rings. The van der Waals surface area contributed by atoms with Crippen LogP contribution in [0.4, 0.5) is 5.82 Å². The third-order valence-corrected chi connectivity index (χ3v) is 12.7. The summed E-state index contributed by atoms with van der Waals surface area (Å²) in [5, 5.41) is 34.2. The van der Waals surface area contributed by atoms with E-state index in [0.717, 1.165) is 29.0 Å². The summed E-state index contributed by atoms with van der Waals surface area (Å²) in [5.41, 5.74) is 14.9. The number of thioether (sulfide) groups is 1. The van der Waals surface area contributed by atoms with Crippen molar-refractivity contribution in [3.8, 4) is 0 Å². The molecule has 1 fully saturated rings. The summed E-state index contributed by atoms with van der Waals surface area (Å²) in [6, 6.07) is -0.744. The predicted molar refractivity (Wildman–Crippen MR) is 261 cm³/mol. The molecule has 0 aromatic carbocycles. The van der Waals surface area contributed by atoms with Crippen LogP contribution in [-0.2, 0) is 121 Å². The van der Waals surface area contributed by atoms with Crippen molar-refractivity contribution >= 4 is 136 Å². The summed E-state index contributed by atoms with van der Waals surface area (Å²) in [6.07, 6.45) is -7.63. The second-order valence-corrected chi connectivity index (χ2v) is 19.5. The van der Waals surface area contributed by atoms with E-state index in [2.05, 4.69) is 80.7 Å². The molecular weight excluding hydrogens is 1500 g/mol. The van der Waals surface area contributed by atoms with Crippen LogP contribution in [0.2, 0.25) is 0 Å². The van der Waals surface area contributed by atoms with Gasteiger partial charge in [-0.1, -0.05) is 41.2 Å². The first-order chi connectivity index (χ1) is 29.9. The fourth-order valence-corrected chi connectivity index (χ4v) is 8.28. The summed E-state index contributed by atoms with van der Waals surface area (Å²) in [5.74, 6) is -1.45. The average Bonchev–Trinajstić information content (AvgIpc) is 3.77. The van der Waals surface area contributed by atoms with E-state index in [1.165, 1.54) is 20.8 Å². The van der Waals surface area contributed by atoms with Gasteiger partial charge in [0, 0.05) is 133 Å². The van der Waals surface area contributed by atoms with Crippen LogP contribution in [0.5, 0.6) is 0 Å². The minimum atomic E-state index is -5.92. The minimum absolute atomic E-state index is 0. The Kier molecular flexibility index (Phi) is 39.3. The van der Waals surface area contributed by atoms with Gasteiger partial charge in [-0.05, 0) is 0 Å². The van der Waals surface area contributed by atoms with Crippen molar-refractivity contribution < 1.29 is 156 Å². The number of aliphatic hydroxyl groups is 2. The maximum absolute atomic E-state index is 12.5. The number of aliphatic hydroxyl groups excluding tert-OH is 2. The number of halogens is 3. The summed E-state index contributed by atoms with van der Waals surface area (Å²) in [6.45, 7) is 6.44.